The summed E-state index contributed by atoms with van der Waals surface area (Å²) in [7, 11) is 0. The molecule has 3 heterocycles. The van der Waals surface area contributed by atoms with Crippen LogP contribution in [0, 0.1) is 5.92 Å². The molecule has 1 N–H and O–H groups in total. The molecule has 2 fully saturated rings. The van der Waals surface area contributed by atoms with Crippen molar-refractivity contribution in [2.24, 2.45) is 5.92 Å². The Labute approximate surface area is 175 Å². The van der Waals surface area contributed by atoms with Crippen molar-refractivity contribution in [2.45, 2.75) is 38.6 Å². The third kappa shape index (κ3) is 3.30. The van der Waals surface area contributed by atoms with Crippen LogP contribution in [0.3, 0.4) is 0 Å². The summed E-state index contributed by atoms with van der Waals surface area (Å²) < 4.78 is 10.7. The number of nitrogens with zero attached hydrogens (tertiary/aromatic N) is 2. The number of amides is 4. The molecule has 0 saturated carbocycles. The van der Waals surface area contributed by atoms with Crippen LogP contribution in [0.1, 0.15) is 43.5 Å². The van der Waals surface area contributed by atoms with Gasteiger partial charge in [0.15, 0.2) is 11.5 Å². The molecule has 0 aliphatic carbocycles. The van der Waals surface area contributed by atoms with E-state index < -0.39 is 5.54 Å². The number of nitrogens with one attached hydrogen (secondary N) is 1. The average molecular weight is 413 g/mol. The SMILES string of the molecule is C=C(C)CN1C(=O)N[C@](CC)(C2CCN(C(=O)c3ccc4c(c3)OCO4)CC2)C1=O. The van der Waals surface area contributed by atoms with Crippen molar-refractivity contribution < 1.29 is 23.9 Å². The lowest BCUT2D eigenvalue weighted by Crippen LogP contribution is -2.56. The predicted octanol–water partition coefficient (Wildman–Crippen LogP) is 2.54. The molecule has 30 heavy (non-hydrogen) atoms. The molecule has 4 amide bonds. The second-order valence-corrected chi connectivity index (χ2v) is 8.24. The molecule has 3 aliphatic heterocycles. The molecule has 160 valence electrons. The third-order valence-electron chi connectivity index (χ3n) is 6.29. The van der Waals surface area contributed by atoms with Gasteiger partial charge in [0.2, 0.25) is 6.79 Å². The largest absolute Gasteiger partial charge is 0.454 e. The van der Waals surface area contributed by atoms with E-state index in [9.17, 15) is 14.4 Å². The number of benzene rings is 1. The van der Waals surface area contributed by atoms with Gasteiger partial charge in [-0.3, -0.25) is 14.5 Å². The summed E-state index contributed by atoms with van der Waals surface area (Å²) in [5, 5.41) is 2.96. The standard InChI is InChI=1S/C22H27N3O5/c1-4-22(20(27)25(12-14(2)3)21(28)23-22)16-7-9-24(10-8-16)19(26)15-5-6-17-18(11-15)30-13-29-17/h5-6,11,16H,2,4,7-10,12-13H2,1,3H3,(H,23,28)/t22-/m1/s1. The first-order valence-electron chi connectivity index (χ1n) is 10.3. The van der Waals surface area contributed by atoms with E-state index in [0.717, 1.165) is 5.57 Å². The number of likely N-dealkylation sites (tertiary alicyclic amines) is 1. The quantitative estimate of drug-likeness (QED) is 0.592. The van der Waals surface area contributed by atoms with E-state index in [0.29, 0.717) is 49.4 Å². The molecule has 0 radical (unpaired) electrons. The molecule has 1 aromatic rings. The number of hydrogen-bond donors (Lipinski definition) is 1. The maximum absolute atomic E-state index is 13.1. The minimum Gasteiger partial charge on any atom is -0.454 e. The van der Waals surface area contributed by atoms with Crippen LogP contribution in [0.5, 0.6) is 11.5 Å². The number of hydrogen-bond acceptors (Lipinski definition) is 5. The Morgan fingerprint density at radius 1 is 1.23 bits per heavy atom. The average Bonchev–Trinajstić information content (AvgIpc) is 3.31. The van der Waals surface area contributed by atoms with Gasteiger partial charge in [0.25, 0.3) is 11.8 Å². The van der Waals surface area contributed by atoms with Crippen molar-refractivity contribution in [1.29, 1.82) is 0 Å². The summed E-state index contributed by atoms with van der Waals surface area (Å²) in [5.74, 6) is 0.957. The molecule has 1 aromatic carbocycles. The maximum Gasteiger partial charge on any atom is 0.325 e. The highest BCUT2D eigenvalue weighted by Gasteiger charge is 2.54. The van der Waals surface area contributed by atoms with E-state index >= 15 is 0 Å². The van der Waals surface area contributed by atoms with Gasteiger partial charge in [-0.15, -0.1) is 0 Å². The maximum atomic E-state index is 13.1. The number of rotatable bonds is 5. The summed E-state index contributed by atoms with van der Waals surface area (Å²) in [4.78, 5) is 41.6. The molecule has 2 saturated heterocycles. The molecular formula is C22H27N3O5. The fourth-order valence-corrected chi connectivity index (χ4v) is 4.65. The second-order valence-electron chi connectivity index (χ2n) is 8.24. The minimum atomic E-state index is -0.902. The van der Waals surface area contributed by atoms with Crippen molar-refractivity contribution in [3.63, 3.8) is 0 Å². The highest BCUT2D eigenvalue weighted by molar-refractivity contribution is 6.07. The van der Waals surface area contributed by atoms with Gasteiger partial charge >= 0.3 is 6.03 Å². The fraction of sp³-hybridized carbons (Fsp3) is 0.500. The lowest BCUT2D eigenvalue weighted by atomic mass is 9.75. The van der Waals surface area contributed by atoms with Crippen molar-refractivity contribution >= 4 is 17.8 Å². The molecule has 8 heteroatoms. The molecule has 0 unspecified atom stereocenters. The Kier molecular flexibility index (Phi) is 5.17. The minimum absolute atomic E-state index is 0.0186. The summed E-state index contributed by atoms with van der Waals surface area (Å²) in [5.41, 5.74) is 0.413. The topological polar surface area (TPSA) is 88.2 Å². The molecule has 1 atom stereocenters. The van der Waals surface area contributed by atoms with Crippen molar-refractivity contribution in [2.75, 3.05) is 26.4 Å². The Hall–Kier alpha value is -3.03. The Morgan fingerprint density at radius 3 is 2.60 bits per heavy atom. The van der Waals surface area contributed by atoms with Gasteiger partial charge in [0, 0.05) is 18.7 Å². The van der Waals surface area contributed by atoms with Crippen LogP contribution in [-0.4, -0.2) is 59.6 Å². The first kappa shape index (κ1) is 20.3. The van der Waals surface area contributed by atoms with Crippen LogP contribution < -0.4 is 14.8 Å². The number of piperidine rings is 1. The number of imide groups is 1. The first-order chi connectivity index (χ1) is 14.4. The van der Waals surface area contributed by atoms with Crippen molar-refractivity contribution in [3.8, 4) is 11.5 Å². The van der Waals surface area contributed by atoms with E-state index in [2.05, 4.69) is 11.9 Å². The highest BCUT2D eigenvalue weighted by Crippen LogP contribution is 2.37. The van der Waals surface area contributed by atoms with Crippen molar-refractivity contribution in [3.05, 3.63) is 35.9 Å². The smallest absolute Gasteiger partial charge is 0.325 e. The van der Waals surface area contributed by atoms with Crippen LogP contribution in [0.2, 0.25) is 0 Å². The zero-order valence-corrected chi connectivity index (χ0v) is 17.4. The molecule has 4 rings (SSSR count). The Balaban J connectivity index is 1.44. The van der Waals surface area contributed by atoms with E-state index in [1.807, 2.05) is 6.92 Å². The van der Waals surface area contributed by atoms with Gasteiger partial charge in [0.05, 0.1) is 6.54 Å². The fourth-order valence-electron chi connectivity index (χ4n) is 4.65. The highest BCUT2D eigenvalue weighted by atomic mass is 16.7. The second kappa shape index (κ2) is 7.66. The van der Waals surface area contributed by atoms with Gasteiger partial charge in [-0.2, -0.15) is 0 Å². The van der Waals surface area contributed by atoms with Crippen LogP contribution in [-0.2, 0) is 4.79 Å². The Morgan fingerprint density at radius 2 is 1.93 bits per heavy atom. The normalized spacial score (nSPS) is 23.7. The molecular weight excluding hydrogens is 386 g/mol. The number of urea groups is 1. The van der Waals surface area contributed by atoms with Gasteiger partial charge < -0.3 is 19.7 Å². The zero-order valence-electron chi connectivity index (χ0n) is 17.4. The molecule has 0 aromatic heterocycles. The van der Waals surface area contributed by atoms with Crippen molar-refractivity contribution in [1.82, 2.24) is 15.1 Å². The molecule has 8 nitrogen and oxygen atoms in total. The Bertz CT molecular complexity index is 906. The van der Waals surface area contributed by atoms with Crippen LogP contribution in [0.25, 0.3) is 0 Å². The molecule has 0 spiro atoms. The zero-order chi connectivity index (χ0) is 21.5. The lowest BCUT2D eigenvalue weighted by Gasteiger charge is -2.40. The molecule has 0 bridgehead atoms. The number of fused-ring (bicyclic) bond motifs is 1. The van der Waals surface area contributed by atoms with Gasteiger partial charge in [0.1, 0.15) is 5.54 Å². The van der Waals surface area contributed by atoms with Gasteiger partial charge in [-0.05, 0) is 50.3 Å². The van der Waals surface area contributed by atoms with Crippen LogP contribution in [0.4, 0.5) is 4.79 Å². The van der Waals surface area contributed by atoms with Crippen LogP contribution >= 0.6 is 0 Å². The summed E-state index contributed by atoms with van der Waals surface area (Å²) in [6.07, 6.45) is 1.82. The van der Waals surface area contributed by atoms with E-state index in [-0.39, 0.29) is 37.1 Å². The lowest BCUT2D eigenvalue weighted by molar-refractivity contribution is -0.133. The number of carbonyl (C=O) groups excluding carboxylic acids is 3. The predicted molar refractivity (Wildman–Crippen MR) is 109 cm³/mol. The van der Waals surface area contributed by atoms with E-state index in [4.69, 9.17) is 9.47 Å². The summed E-state index contributed by atoms with van der Waals surface area (Å²) in [6, 6.07) is 4.84. The van der Waals surface area contributed by atoms with E-state index in [1.165, 1.54) is 4.90 Å². The van der Waals surface area contributed by atoms with Crippen LogP contribution in [0.15, 0.2) is 30.4 Å². The first-order valence-corrected chi connectivity index (χ1v) is 10.3. The monoisotopic (exact) mass is 413 g/mol. The summed E-state index contributed by atoms with van der Waals surface area (Å²) in [6.45, 7) is 9.00. The van der Waals surface area contributed by atoms with Gasteiger partial charge in [-0.1, -0.05) is 19.1 Å². The number of carbonyl (C=O) groups is 3. The number of ether oxygens (including phenoxy) is 2. The third-order valence-corrected chi connectivity index (χ3v) is 6.29. The molecule has 3 aliphatic rings. The summed E-state index contributed by atoms with van der Waals surface area (Å²) >= 11 is 0. The van der Waals surface area contributed by atoms with Gasteiger partial charge in [-0.25, -0.2) is 4.79 Å². The van der Waals surface area contributed by atoms with E-state index in [1.54, 1.807) is 30.0 Å².